The molecule has 29 nitrogen and oxygen atoms in total. The number of phenolic OH excluding ortho intramolecular Hbond substituents is 2. The number of carbonyl (C=O) groups excluding carboxylic acids is 2. The number of allylic oxidation sites excluding steroid dienone is 7. The van der Waals surface area contributed by atoms with Crippen LogP contribution in [0.2, 0.25) is 0 Å². The van der Waals surface area contributed by atoms with Crippen molar-refractivity contribution >= 4 is 107 Å². The van der Waals surface area contributed by atoms with Crippen LogP contribution in [0.15, 0.2) is 168 Å². The standard InChI is InChI=1S/C25H33N2O2S.2C9H6N4O4S.C7H7N3O2.CH5N3.Co.H2O/c1-7-25(4)22-18-21(30(6,28)29)15-16-23(22)26(5)24(25)17-12-19-10-13-20(14-11-19)27(8-2)9-3;2*14-5-1-2-6(7(15)3-5)11-12-9-10-4-8(18-9)13(16)17;8-4-9-10-6-2-1-5(11)3-7(6)12;2-1-4-3;;/h10-18H,7-9H2,1-6H3;2*1-4H,(H2,10,12,14,15);1-4,8,11-12H;1H,3H2,(H2,2,4);;1H2/q+1;;;;;;/p-2. The number of sulfone groups is 1. The molecule has 0 saturated heterocycles. The largest absolute Gasteiger partial charge is 0.508 e. The first-order chi connectivity index (χ1) is 38.9. The van der Waals surface area contributed by atoms with Crippen LogP contribution in [0.3, 0.4) is 0 Å². The van der Waals surface area contributed by atoms with E-state index in [-0.39, 0.29) is 99.0 Å². The van der Waals surface area contributed by atoms with E-state index in [0.29, 0.717) is 4.90 Å². The van der Waals surface area contributed by atoms with Gasteiger partial charge >= 0.3 is 10.0 Å². The summed E-state index contributed by atoms with van der Waals surface area (Å²) >= 11 is 1.51. The number of ketones is 2. The molecule has 0 amide bonds. The van der Waals surface area contributed by atoms with Gasteiger partial charge in [-0.2, -0.15) is 9.68 Å². The zero-order valence-electron chi connectivity index (χ0n) is 45.4. The molecule has 1 unspecified atom stereocenters. The summed E-state index contributed by atoms with van der Waals surface area (Å²) in [7, 11) is -1.18. The maximum atomic E-state index is 12.1. The monoisotopic (exact) mass is 1260 g/mol. The summed E-state index contributed by atoms with van der Waals surface area (Å²) in [4.78, 5) is 51.6. The number of aromatic nitrogens is 2. The Morgan fingerprint density at radius 2 is 1.31 bits per heavy atom. The van der Waals surface area contributed by atoms with Gasteiger partial charge < -0.3 is 62.5 Å². The quantitative estimate of drug-likeness (QED) is 0.0108. The van der Waals surface area contributed by atoms with Crippen molar-refractivity contribution in [3.63, 3.8) is 0 Å². The van der Waals surface area contributed by atoms with Gasteiger partial charge in [0.1, 0.15) is 59.9 Å². The van der Waals surface area contributed by atoms with E-state index in [4.69, 9.17) is 15.6 Å². The van der Waals surface area contributed by atoms with E-state index >= 15 is 0 Å². The van der Waals surface area contributed by atoms with Crippen molar-refractivity contribution in [1.82, 2.24) is 9.97 Å². The summed E-state index contributed by atoms with van der Waals surface area (Å²) in [6, 6.07) is 18.1. The van der Waals surface area contributed by atoms with Gasteiger partial charge in [-0.05, 0) is 99.5 Å². The molecule has 1 atom stereocenters. The normalized spacial score (nSPS) is 16.5. The van der Waals surface area contributed by atoms with Crippen LogP contribution in [0.4, 0.5) is 27.1 Å². The van der Waals surface area contributed by atoms with Gasteiger partial charge in [0.25, 0.3) is 0 Å². The van der Waals surface area contributed by atoms with E-state index in [2.05, 4.69) is 138 Å². The van der Waals surface area contributed by atoms with Crippen molar-refractivity contribution in [2.45, 2.75) is 44.4 Å². The number of aliphatic hydroxyl groups is 2. The minimum atomic E-state index is -3.24. The van der Waals surface area contributed by atoms with Gasteiger partial charge in [0.2, 0.25) is 5.69 Å². The summed E-state index contributed by atoms with van der Waals surface area (Å²) < 4.78 is 26.4. The molecule has 2 aliphatic carbocycles. The van der Waals surface area contributed by atoms with Crippen LogP contribution in [-0.2, 0) is 41.6 Å². The van der Waals surface area contributed by atoms with Gasteiger partial charge in [-0.15, -0.1) is 10.2 Å². The molecule has 11 N–H and O–H groups in total. The number of nitro groups is 2. The molecule has 84 heavy (non-hydrogen) atoms. The summed E-state index contributed by atoms with van der Waals surface area (Å²) in [5.41, 5.74) is 10.5. The molecule has 1 aliphatic heterocycles. The summed E-state index contributed by atoms with van der Waals surface area (Å²) in [5.74, 6) is 2.95. The molecular weight excluding hydrogens is 1200 g/mol. The van der Waals surface area contributed by atoms with Crippen molar-refractivity contribution in [3.05, 3.63) is 168 Å². The summed E-state index contributed by atoms with van der Waals surface area (Å²) in [6.45, 7) is 10.7. The van der Waals surface area contributed by atoms with Crippen LogP contribution < -0.4 is 36.0 Å². The van der Waals surface area contributed by atoms with Crippen molar-refractivity contribution < 1.29 is 75.1 Å². The van der Waals surface area contributed by atoms with E-state index in [9.17, 15) is 48.4 Å². The number of aliphatic hydroxyl groups excluding tert-OH is 2. The van der Waals surface area contributed by atoms with Gasteiger partial charge in [-0.3, -0.25) is 45.4 Å². The van der Waals surface area contributed by atoms with Crippen LogP contribution in [0, 0.1) is 25.6 Å². The Hall–Kier alpha value is -9.67. The number of hydrogen-bond acceptors (Lipinski definition) is 23. The number of phenols is 2. The van der Waals surface area contributed by atoms with Crippen LogP contribution in [0.1, 0.15) is 45.2 Å². The molecule has 33 heteroatoms. The average molecular weight is 1260 g/mol. The molecule has 3 aliphatic rings. The topological polar surface area (TPSA) is 464 Å². The number of anilines is 1. The number of hydrazone groups is 1. The number of carbonyl (C=O) groups is 2. The Balaban J connectivity index is 0.000000389. The Labute approximate surface area is 497 Å². The fourth-order valence-electron chi connectivity index (χ4n) is 7.18. The molecule has 0 bridgehead atoms. The number of aromatic hydroxyl groups is 2. The first-order valence-electron chi connectivity index (χ1n) is 23.8. The molecule has 3 heterocycles. The van der Waals surface area contributed by atoms with E-state index in [1.165, 1.54) is 54.1 Å². The van der Waals surface area contributed by atoms with Gasteiger partial charge in [0, 0.05) is 99.7 Å². The Morgan fingerprint density at radius 3 is 1.71 bits per heavy atom. The first kappa shape index (κ1) is 70.4. The molecule has 2 aromatic heterocycles. The minimum Gasteiger partial charge on any atom is -0.508 e. The van der Waals surface area contributed by atoms with Crippen molar-refractivity contribution in [2.24, 2.45) is 47.3 Å². The van der Waals surface area contributed by atoms with E-state index in [0.717, 1.165) is 102 Å². The van der Waals surface area contributed by atoms with E-state index < -0.39 is 19.7 Å². The fraction of sp³-hybridized carbons (Fsp3) is 0.196. The minimum absolute atomic E-state index is 0. The third-order valence-corrected chi connectivity index (χ3v) is 14.2. The average Bonchev–Trinajstić information content (AvgIpc) is 3.56. The van der Waals surface area contributed by atoms with Crippen LogP contribution in [0.5, 0.6) is 11.5 Å². The number of rotatable bonds is 13. The predicted molar refractivity (Wildman–Crippen MR) is 315 cm³/mol. The molecule has 8 rings (SSSR count). The maximum Gasteiger partial charge on any atom is 0.319 e. The van der Waals surface area contributed by atoms with E-state index in [1.54, 1.807) is 6.07 Å². The molecule has 447 valence electrons. The number of benzene rings is 3. The van der Waals surface area contributed by atoms with Crippen molar-refractivity contribution in [1.29, 1.82) is 5.41 Å². The number of hydrogen-bond donors (Lipinski definition) is 7. The Bertz CT molecular complexity index is 3650. The smallest absolute Gasteiger partial charge is 0.319 e. The molecule has 0 saturated carbocycles. The molecule has 0 fully saturated rings. The SMILES string of the molecule is CCN(CC)c1ccc(/C=C/C2=[N+](C)c3ccc(S(C)(=O)=O)cc3C2(C)CC)cc1.N/C=N\N.N=CN=Nc1ccc(O)cc1O.O.O=C1C=CC(=NN=c2[n-]cc([N+](=O)[O-])s2)C(O)=C1.O=C1C=CC(=NN=c2[n-]cc([N+](=O)[O-])s2)C(O)=C1.[Co]. The van der Waals surface area contributed by atoms with Gasteiger partial charge in [-0.25, -0.2) is 8.42 Å². The van der Waals surface area contributed by atoms with Crippen LogP contribution in [0.25, 0.3) is 6.08 Å². The number of nitrogens with zero attached hydrogens (tertiary/aromatic N) is 13. The van der Waals surface area contributed by atoms with Gasteiger partial charge in [-0.1, -0.05) is 41.7 Å². The number of azo groups is 1. The summed E-state index contributed by atoms with van der Waals surface area (Å²) in [5, 5.41) is 88.1. The first-order valence-corrected chi connectivity index (χ1v) is 27.3. The molecule has 5 aromatic rings. The zero-order chi connectivity index (χ0) is 60.7. The summed E-state index contributed by atoms with van der Waals surface area (Å²) in [6.07, 6.45) is 17.4. The van der Waals surface area contributed by atoms with Crippen LogP contribution >= 0.6 is 22.7 Å². The second-order valence-electron chi connectivity index (χ2n) is 16.7. The Kier molecular flexibility index (Phi) is 27.9. The van der Waals surface area contributed by atoms with Crippen molar-refractivity contribution in [3.8, 4) is 11.5 Å². The second kappa shape index (κ2) is 33.3. The number of thiazole rings is 2. The van der Waals surface area contributed by atoms with Crippen molar-refractivity contribution in [2.75, 3.05) is 31.3 Å². The molecule has 3 aromatic carbocycles. The Morgan fingerprint density at radius 1 is 0.798 bits per heavy atom. The molecule has 0 spiro atoms. The number of nitrogens with two attached hydrogens (primary N) is 2. The second-order valence-corrected chi connectivity index (χ2v) is 20.7. The molecule has 1 radical (unpaired) electrons. The fourth-order valence-corrected chi connectivity index (χ4v) is 8.93. The maximum absolute atomic E-state index is 12.1. The third-order valence-electron chi connectivity index (χ3n) is 11.4. The number of nitrogens with one attached hydrogen (secondary N) is 1. The molecular formula is C51H57CoN16O13S3-. The van der Waals surface area contributed by atoms with Crippen LogP contribution in [-0.4, -0.2) is 117 Å². The zero-order valence-corrected chi connectivity index (χ0v) is 48.9. The predicted octanol–water partition coefficient (Wildman–Crippen LogP) is 5.76. The van der Waals surface area contributed by atoms with Gasteiger partial charge in [0.05, 0.1) is 20.2 Å². The third kappa shape index (κ3) is 20.1. The number of fused-ring (bicyclic) bond motifs is 1. The van der Waals surface area contributed by atoms with E-state index in [1.807, 2.05) is 12.1 Å². The van der Waals surface area contributed by atoms with Gasteiger partial charge in [0.15, 0.2) is 27.1 Å².